The van der Waals surface area contributed by atoms with Crippen molar-refractivity contribution in [2.75, 3.05) is 0 Å². The van der Waals surface area contributed by atoms with Crippen LogP contribution in [0.5, 0.6) is 0 Å². The van der Waals surface area contributed by atoms with Crippen LogP contribution in [-0.4, -0.2) is 4.98 Å². The van der Waals surface area contributed by atoms with Gasteiger partial charge in [-0.05, 0) is 66.0 Å². The molecule has 2 aromatic rings. The molecule has 0 amide bonds. The van der Waals surface area contributed by atoms with Crippen LogP contribution in [-0.2, 0) is 13.1 Å². The minimum absolute atomic E-state index is 0.753. The molecule has 0 unspecified atom stereocenters. The number of hydrogen-bond acceptors (Lipinski definition) is 3. The summed E-state index contributed by atoms with van der Waals surface area (Å²) in [6.45, 7) is 1.61. The zero-order valence-electron chi connectivity index (χ0n) is 8.71. The lowest BCUT2D eigenvalue weighted by Crippen LogP contribution is -2.13. The first-order chi connectivity index (χ1) is 8.15. The SMILES string of the molecule is Brc1cnc(CNCc2ccc(Br)s2)c(Br)c1. The summed E-state index contributed by atoms with van der Waals surface area (Å²) < 4.78 is 3.17. The van der Waals surface area contributed by atoms with Crippen molar-refractivity contribution in [2.24, 2.45) is 0 Å². The molecular formula is C11H9Br3N2S. The Bertz CT molecular complexity index is 513. The largest absolute Gasteiger partial charge is 0.306 e. The summed E-state index contributed by atoms with van der Waals surface area (Å²) in [6, 6.07) is 6.19. The van der Waals surface area contributed by atoms with Gasteiger partial charge in [0.1, 0.15) is 0 Å². The number of nitrogens with zero attached hydrogens (tertiary/aromatic N) is 1. The van der Waals surface area contributed by atoms with Crippen LogP contribution in [0, 0.1) is 0 Å². The van der Waals surface area contributed by atoms with Crippen molar-refractivity contribution < 1.29 is 0 Å². The number of halogens is 3. The van der Waals surface area contributed by atoms with Gasteiger partial charge in [0.15, 0.2) is 0 Å². The number of hydrogen-bond donors (Lipinski definition) is 1. The van der Waals surface area contributed by atoms with Crippen LogP contribution in [0.15, 0.2) is 37.1 Å². The zero-order valence-corrected chi connectivity index (χ0v) is 14.3. The van der Waals surface area contributed by atoms with Gasteiger partial charge < -0.3 is 5.32 Å². The van der Waals surface area contributed by atoms with Crippen molar-refractivity contribution in [3.8, 4) is 0 Å². The second kappa shape index (κ2) is 6.43. The highest BCUT2D eigenvalue weighted by atomic mass is 79.9. The summed E-state index contributed by atoms with van der Waals surface area (Å²) in [5.41, 5.74) is 1.02. The van der Waals surface area contributed by atoms with Gasteiger partial charge in [-0.1, -0.05) is 0 Å². The Morgan fingerprint density at radius 2 is 2.00 bits per heavy atom. The first-order valence-electron chi connectivity index (χ1n) is 4.90. The molecule has 2 heterocycles. The maximum atomic E-state index is 4.35. The third-order valence-electron chi connectivity index (χ3n) is 2.10. The lowest BCUT2D eigenvalue weighted by molar-refractivity contribution is 0.684. The van der Waals surface area contributed by atoms with Crippen LogP contribution >= 0.6 is 59.1 Å². The Labute approximate surface area is 129 Å². The van der Waals surface area contributed by atoms with E-state index in [0.29, 0.717) is 0 Å². The van der Waals surface area contributed by atoms with Crippen LogP contribution in [0.4, 0.5) is 0 Å². The Morgan fingerprint density at radius 3 is 2.65 bits per heavy atom. The summed E-state index contributed by atoms with van der Waals surface area (Å²) in [5.74, 6) is 0. The first kappa shape index (κ1) is 13.7. The van der Waals surface area contributed by atoms with Crippen molar-refractivity contribution in [1.82, 2.24) is 10.3 Å². The van der Waals surface area contributed by atoms with E-state index in [9.17, 15) is 0 Å². The third-order valence-corrected chi connectivity index (χ3v) is 4.85. The smallest absolute Gasteiger partial charge is 0.0701 e. The van der Waals surface area contributed by atoms with Crippen LogP contribution < -0.4 is 5.32 Å². The average molecular weight is 441 g/mol. The fourth-order valence-corrected chi connectivity index (χ4v) is 3.90. The van der Waals surface area contributed by atoms with Crippen LogP contribution in [0.25, 0.3) is 0 Å². The zero-order chi connectivity index (χ0) is 12.3. The summed E-state index contributed by atoms with van der Waals surface area (Å²) in [6.07, 6.45) is 1.81. The molecule has 2 aromatic heterocycles. The van der Waals surface area contributed by atoms with Gasteiger partial charge in [0.05, 0.1) is 9.48 Å². The highest BCUT2D eigenvalue weighted by Gasteiger charge is 2.03. The van der Waals surface area contributed by atoms with Crippen molar-refractivity contribution >= 4 is 59.1 Å². The normalized spacial score (nSPS) is 10.8. The van der Waals surface area contributed by atoms with Gasteiger partial charge in [-0.3, -0.25) is 4.98 Å². The van der Waals surface area contributed by atoms with E-state index >= 15 is 0 Å². The molecule has 90 valence electrons. The minimum atomic E-state index is 0.753. The molecule has 0 saturated heterocycles. The molecule has 17 heavy (non-hydrogen) atoms. The summed E-state index contributed by atoms with van der Waals surface area (Å²) in [7, 11) is 0. The molecule has 0 aliphatic rings. The second-order valence-electron chi connectivity index (χ2n) is 3.39. The highest BCUT2D eigenvalue weighted by Crippen LogP contribution is 2.22. The number of thiophene rings is 1. The van der Waals surface area contributed by atoms with Gasteiger partial charge >= 0.3 is 0 Å². The maximum absolute atomic E-state index is 4.35. The molecule has 0 spiro atoms. The van der Waals surface area contributed by atoms with E-state index in [4.69, 9.17) is 0 Å². The van der Waals surface area contributed by atoms with Crippen LogP contribution in [0.2, 0.25) is 0 Å². The Morgan fingerprint density at radius 1 is 1.18 bits per heavy atom. The monoisotopic (exact) mass is 438 g/mol. The van der Waals surface area contributed by atoms with Crippen LogP contribution in [0.3, 0.4) is 0 Å². The molecule has 0 saturated carbocycles. The van der Waals surface area contributed by atoms with Gasteiger partial charge in [0.2, 0.25) is 0 Å². The second-order valence-corrected chi connectivity index (χ2v) is 7.71. The lowest BCUT2D eigenvalue weighted by Gasteiger charge is -2.05. The average Bonchev–Trinajstić information content (AvgIpc) is 2.68. The molecule has 6 heteroatoms. The van der Waals surface area contributed by atoms with Gasteiger partial charge in [0, 0.05) is 33.1 Å². The molecule has 0 aromatic carbocycles. The van der Waals surface area contributed by atoms with Crippen LogP contribution in [0.1, 0.15) is 10.6 Å². The molecule has 0 bridgehead atoms. The van der Waals surface area contributed by atoms with Crippen molar-refractivity contribution in [3.05, 3.63) is 47.7 Å². The number of pyridine rings is 1. The van der Waals surface area contributed by atoms with Gasteiger partial charge in [-0.25, -0.2) is 0 Å². The Balaban J connectivity index is 1.90. The molecule has 2 rings (SSSR count). The number of nitrogens with one attached hydrogen (secondary N) is 1. The van der Waals surface area contributed by atoms with E-state index in [1.165, 1.54) is 4.88 Å². The van der Waals surface area contributed by atoms with Crippen molar-refractivity contribution in [1.29, 1.82) is 0 Å². The molecule has 0 atom stereocenters. The number of rotatable bonds is 4. The van der Waals surface area contributed by atoms with E-state index in [0.717, 1.165) is 31.5 Å². The van der Waals surface area contributed by atoms with Gasteiger partial charge in [-0.2, -0.15) is 0 Å². The minimum Gasteiger partial charge on any atom is -0.306 e. The topological polar surface area (TPSA) is 24.9 Å². The first-order valence-corrected chi connectivity index (χ1v) is 8.09. The highest BCUT2D eigenvalue weighted by molar-refractivity contribution is 9.11. The van der Waals surface area contributed by atoms with E-state index in [1.54, 1.807) is 11.3 Å². The third kappa shape index (κ3) is 4.13. The van der Waals surface area contributed by atoms with Crippen molar-refractivity contribution in [2.45, 2.75) is 13.1 Å². The predicted molar refractivity (Wildman–Crippen MR) is 82.2 cm³/mol. The fraction of sp³-hybridized carbons (Fsp3) is 0.182. The summed E-state index contributed by atoms with van der Waals surface area (Å²) in [5, 5.41) is 3.37. The van der Waals surface area contributed by atoms with Gasteiger partial charge in [0.25, 0.3) is 0 Å². The van der Waals surface area contributed by atoms with E-state index < -0.39 is 0 Å². The van der Waals surface area contributed by atoms with E-state index in [2.05, 4.69) is 70.2 Å². The Kier molecular flexibility index (Phi) is 5.17. The molecule has 2 nitrogen and oxygen atoms in total. The summed E-state index contributed by atoms with van der Waals surface area (Å²) >= 11 is 12.1. The maximum Gasteiger partial charge on any atom is 0.0701 e. The fourth-order valence-electron chi connectivity index (χ4n) is 1.32. The standard InChI is InChI=1S/C11H9Br3N2S/c12-7-3-9(13)10(16-4-7)6-15-5-8-1-2-11(14)17-8/h1-4,15H,5-6H2. The predicted octanol–water partition coefficient (Wildman–Crippen LogP) is 4.72. The lowest BCUT2D eigenvalue weighted by atomic mass is 10.3. The molecule has 0 aliphatic carbocycles. The van der Waals surface area contributed by atoms with Gasteiger partial charge in [-0.15, -0.1) is 11.3 Å². The summed E-state index contributed by atoms with van der Waals surface area (Å²) in [4.78, 5) is 5.66. The van der Waals surface area contributed by atoms with E-state index in [1.807, 2.05) is 12.3 Å². The Hall–Kier alpha value is 0.250. The van der Waals surface area contributed by atoms with E-state index in [-0.39, 0.29) is 0 Å². The molecule has 1 N–H and O–H groups in total. The molecule has 0 radical (unpaired) electrons. The molecule has 0 fully saturated rings. The molecule has 0 aliphatic heterocycles. The van der Waals surface area contributed by atoms with Crippen molar-refractivity contribution in [3.63, 3.8) is 0 Å². The molecular weight excluding hydrogens is 432 g/mol. The quantitative estimate of drug-likeness (QED) is 0.744. The number of aromatic nitrogens is 1.